The van der Waals surface area contributed by atoms with Crippen LogP contribution < -0.4 is 4.74 Å². The molecule has 3 nitrogen and oxygen atoms in total. The predicted molar refractivity (Wildman–Crippen MR) is 63.5 cm³/mol. The molecule has 0 saturated carbocycles. The Morgan fingerprint density at radius 3 is 2.31 bits per heavy atom. The van der Waals surface area contributed by atoms with Gasteiger partial charge < -0.3 is 14.6 Å². The third kappa shape index (κ3) is 3.83. The van der Waals surface area contributed by atoms with Gasteiger partial charge >= 0.3 is 0 Å². The van der Waals surface area contributed by atoms with Gasteiger partial charge in [0.15, 0.2) is 0 Å². The zero-order valence-electron chi connectivity index (χ0n) is 10.1. The van der Waals surface area contributed by atoms with Gasteiger partial charge in [-0.1, -0.05) is 19.1 Å². The molecule has 2 atom stereocenters. The number of hydrogen-bond acceptors (Lipinski definition) is 3. The van der Waals surface area contributed by atoms with Crippen LogP contribution >= 0.6 is 0 Å². The van der Waals surface area contributed by atoms with E-state index in [-0.39, 0.29) is 18.6 Å². The minimum absolute atomic E-state index is 0.0621. The Kier molecular flexibility index (Phi) is 5.29. The summed E-state index contributed by atoms with van der Waals surface area (Å²) in [5, 5.41) is 8.97. The molecule has 1 aromatic rings. The van der Waals surface area contributed by atoms with E-state index >= 15 is 0 Å². The summed E-state index contributed by atoms with van der Waals surface area (Å²) < 4.78 is 10.7. The van der Waals surface area contributed by atoms with Crippen molar-refractivity contribution >= 4 is 0 Å². The Morgan fingerprint density at radius 2 is 1.81 bits per heavy atom. The highest BCUT2D eigenvalue weighted by atomic mass is 16.5. The molecule has 16 heavy (non-hydrogen) atoms. The lowest BCUT2D eigenvalue weighted by molar-refractivity contribution is 0.00152. The summed E-state index contributed by atoms with van der Waals surface area (Å²) in [6.45, 7) is 4.67. The molecule has 1 aromatic carbocycles. The first-order valence-corrected chi connectivity index (χ1v) is 5.52. The van der Waals surface area contributed by atoms with E-state index in [0.29, 0.717) is 6.61 Å². The summed E-state index contributed by atoms with van der Waals surface area (Å²) in [6.07, 6.45) is 0.0621. The first kappa shape index (κ1) is 13.0. The molecule has 0 heterocycles. The molecular weight excluding hydrogens is 204 g/mol. The summed E-state index contributed by atoms with van der Waals surface area (Å²) in [5.41, 5.74) is 1.11. The molecule has 0 aliphatic carbocycles. The molecular formula is C13H20O3. The van der Waals surface area contributed by atoms with Crippen LogP contribution in [0.2, 0.25) is 0 Å². The van der Waals surface area contributed by atoms with Crippen molar-refractivity contribution in [2.75, 3.05) is 13.7 Å². The van der Waals surface area contributed by atoms with Crippen LogP contribution in [-0.2, 0) is 11.3 Å². The van der Waals surface area contributed by atoms with Crippen molar-refractivity contribution < 1.29 is 14.6 Å². The summed E-state index contributed by atoms with van der Waals surface area (Å²) >= 11 is 0. The van der Waals surface area contributed by atoms with Crippen LogP contribution in [0.15, 0.2) is 24.3 Å². The van der Waals surface area contributed by atoms with E-state index in [0.717, 1.165) is 11.3 Å². The number of hydrogen-bond donors (Lipinski definition) is 1. The number of aliphatic hydroxyl groups excluding tert-OH is 1. The quantitative estimate of drug-likeness (QED) is 0.805. The Labute approximate surface area is 97.0 Å². The Hall–Kier alpha value is -1.06. The van der Waals surface area contributed by atoms with Crippen LogP contribution in [0.4, 0.5) is 0 Å². The third-order valence-electron chi connectivity index (χ3n) is 2.76. The number of ether oxygens (including phenoxy) is 2. The summed E-state index contributed by atoms with van der Waals surface area (Å²) in [4.78, 5) is 0. The molecule has 0 amide bonds. The van der Waals surface area contributed by atoms with E-state index in [1.807, 2.05) is 38.1 Å². The molecule has 0 radical (unpaired) electrons. The zero-order chi connectivity index (χ0) is 12.0. The van der Waals surface area contributed by atoms with Crippen LogP contribution in [0.3, 0.4) is 0 Å². The summed E-state index contributed by atoms with van der Waals surface area (Å²) in [6, 6.07) is 7.79. The maximum atomic E-state index is 8.97. The first-order valence-electron chi connectivity index (χ1n) is 5.52. The second-order valence-electron chi connectivity index (χ2n) is 4.02. The minimum Gasteiger partial charge on any atom is -0.497 e. The van der Waals surface area contributed by atoms with Gasteiger partial charge in [0.2, 0.25) is 0 Å². The molecule has 90 valence electrons. The lowest BCUT2D eigenvalue weighted by atomic mass is 10.1. The van der Waals surface area contributed by atoms with E-state index in [2.05, 4.69) is 0 Å². The van der Waals surface area contributed by atoms with Gasteiger partial charge in [0, 0.05) is 12.5 Å². The summed E-state index contributed by atoms with van der Waals surface area (Å²) in [5.74, 6) is 1.01. The van der Waals surface area contributed by atoms with Gasteiger partial charge in [0.05, 0.1) is 19.8 Å². The van der Waals surface area contributed by atoms with Crippen molar-refractivity contribution in [3.8, 4) is 5.75 Å². The molecule has 0 aromatic heterocycles. The van der Waals surface area contributed by atoms with E-state index in [4.69, 9.17) is 14.6 Å². The molecule has 2 unspecified atom stereocenters. The molecule has 1 N–H and O–H groups in total. The molecule has 0 spiro atoms. The van der Waals surface area contributed by atoms with Gasteiger partial charge in [0.1, 0.15) is 5.75 Å². The standard InChI is InChI=1S/C13H20O3/c1-10(8-14)11(2)16-9-12-4-6-13(15-3)7-5-12/h4-7,10-11,14H,8-9H2,1-3H3. The fraction of sp³-hybridized carbons (Fsp3) is 0.538. The van der Waals surface area contributed by atoms with E-state index in [1.165, 1.54) is 0 Å². The number of methoxy groups -OCH3 is 1. The second-order valence-corrected chi connectivity index (χ2v) is 4.02. The largest absolute Gasteiger partial charge is 0.497 e. The fourth-order valence-corrected chi connectivity index (χ4v) is 1.26. The highest BCUT2D eigenvalue weighted by Crippen LogP contribution is 2.14. The van der Waals surface area contributed by atoms with Crippen molar-refractivity contribution in [1.29, 1.82) is 0 Å². The number of benzene rings is 1. The van der Waals surface area contributed by atoms with Gasteiger partial charge in [-0.05, 0) is 24.6 Å². The van der Waals surface area contributed by atoms with Crippen LogP contribution in [0.25, 0.3) is 0 Å². The van der Waals surface area contributed by atoms with Gasteiger partial charge in [-0.3, -0.25) is 0 Å². The lowest BCUT2D eigenvalue weighted by Crippen LogP contribution is -2.20. The highest BCUT2D eigenvalue weighted by molar-refractivity contribution is 5.26. The first-order chi connectivity index (χ1) is 7.67. The molecule has 0 bridgehead atoms. The van der Waals surface area contributed by atoms with Crippen molar-refractivity contribution in [2.45, 2.75) is 26.6 Å². The lowest BCUT2D eigenvalue weighted by Gasteiger charge is -2.18. The minimum atomic E-state index is 0.0621. The van der Waals surface area contributed by atoms with Crippen LogP contribution in [0, 0.1) is 5.92 Å². The van der Waals surface area contributed by atoms with E-state index in [1.54, 1.807) is 7.11 Å². The predicted octanol–water partition coefficient (Wildman–Crippen LogP) is 2.23. The normalized spacial score (nSPS) is 14.5. The maximum Gasteiger partial charge on any atom is 0.118 e. The smallest absolute Gasteiger partial charge is 0.118 e. The Bertz CT molecular complexity index is 295. The molecule has 1 rings (SSSR count). The van der Waals surface area contributed by atoms with E-state index < -0.39 is 0 Å². The molecule has 3 heteroatoms. The zero-order valence-corrected chi connectivity index (χ0v) is 10.1. The molecule has 0 saturated heterocycles. The SMILES string of the molecule is COc1ccc(COC(C)C(C)CO)cc1. The second kappa shape index (κ2) is 6.51. The Morgan fingerprint density at radius 1 is 1.19 bits per heavy atom. The molecule has 0 fully saturated rings. The molecule has 0 aliphatic heterocycles. The average molecular weight is 224 g/mol. The van der Waals surface area contributed by atoms with Gasteiger partial charge in [0.25, 0.3) is 0 Å². The topological polar surface area (TPSA) is 38.7 Å². The van der Waals surface area contributed by atoms with Crippen molar-refractivity contribution in [3.05, 3.63) is 29.8 Å². The average Bonchev–Trinajstić information content (AvgIpc) is 2.35. The van der Waals surface area contributed by atoms with Crippen molar-refractivity contribution in [1.82, 2.24) is 0 Å². The highest BCUT2D eigenvalue weighted by Gasteiger charge is 2.11. The van der Waals surface area contributed by atoms with Gasteiger partial charge in [-0.25, -0.2) is 0 Å². The number of aliphatic hydroxyl groups is 1. The van der Waals surface area contributed by atoms with E-state index in [9.17, 15) is 0 Å². The van der Waals surface area contributed by atoms with Gasteiger partial charge in [-0.15, -0.1) is 0 Å². The molecule has 0 aliphatic rings. The number of rotatable bonds is 6. The fourth-order valence-electron chi connectivity index (χ4n) is 1.26. The monoisotopic (exact) mass is 224 g/mol. The van der Waals surface area contributed by atoms with Crippen LogP contribution in [0.1, 0.15) is 19.4 Å². The maximum absolute atomic E-state index is 8.97. The van der Waals surface area contributed by atoms with Crippen LogP contribution in [0.5, 0.6) is 5.75 Å². The van der Waals surface area contributed by atoms with Crippen molar-refractivity contribution in [3.63, 3.8) is 0 Å². The van der Waals surface area contributed by atoms with Crippen molar-refractivity contribution in [2.24, 2.45) is 5.92 Å². The van der Waals surface area contributed by atoms with Crippen LogP contribution in [-0.4, -0.2) is 24.9 Å². The third-order valence-corrected chi connectivity index (χ3v) is 2.76. The Balaban J connectivity index is 2.42. The van der Waals surface area contributed by atoms with Gasteiger partial charge in [-0.2, -0.15) is 0 Å². The summed E-state index contributed by atoms with van der Waals surface area (Å²) in [7, 11) is 1.65.